The molecular formula is C19H21N3O3S. The molecule has 0 saturated carbocycles. The van der Waals surface area contributed by atoms with Crippen LogP contribution in [-0.2, 0) is 22.7 Å². The molecule has 0 bridgehead atoms. The summed E-state index contributed by atoms with van der Waals surface area (Å²) in [6.07, 6.45) is 0.803. The summed E-state index contributed by atoms with van der Waals surface area (Å²) < 4.78 is 11.2. The molecule has 1 amide bonds. The van der Waals surface area contributed by atoms with Crippen molar-refractivity contribution in [1.82, 2.24) is 15.3 Å². The number of hydrogen-bond donors (Lipinski definition) is 2. The van der Waals surface area contributed by atoms with Gasteiger partial charge in [0.05, 0.1) is 30.3 Å². The Bertz CT molecular complexity index is 898. The zero-order chi connectivity index (χ0) is 17.9. The van der Waals surface area contributed by atoms with Crippen LogP contribution >= 0.6 is 11.3 Å². The third kappa shape index (κ3) is 3.73. The molecule has 1 saturated heterocycles. The Balaban J connectivity index is 1.43. The van der Waals surface area contributed by atoms with Crippen LogP contribution in [0.5, 0.6) is 5.75 Å². The number of nitrogens with one attached hydrogen (secondary N) is 2. The normalized spacial score (nSPS) is 16.9. The third-order valence-corrected chi connectivity index (χ3v) is 5.22. The largest absolute Gasteiger partial charge is 0.487 e. The number of carbonyl (C=O) groups is 1. The molecule has 0 unspecified atom stereocenters. The van der Waals surface area contributed by atoms with Crippen LogP contribution in [-0.4, -0.2) is 29.1 Å². The molecule has 6 nitrogen and oxygen atoms in total. The van der Waals surface area contributed by atoms with Crippen molar-refractivity contribution in [3.63, 3.8) is 0 Å². The molecule has 1 aromatic carbocycles. The fraction of sp³-hybridized carbons (Fsp3) is 0.368. The topological polar surface area (TPSA) is 76.2 Å². The van der Waals surface area contributed by atoms with Crippen LogP contribution < -0.4 is 10.1 Å². The molecule has 0 spiro atoms. The maximum Gasteiger partial charge on any atom is 0.225 e. The standard InChI is InChI=1S/C19H21N3O3S/c1-12-4-14-5-15(7-20-19(23)13-2-3-24-8-13)22-17(14)6-18(12)25-9-16-10-26-11-21-16/h4-6,10-11,13,22H,2-3,7-9H2,1H3,(H,20,23)/t13-/m0/s1. The number of nitrogens with zero attached hydrogens (tertiary/aromatic N) is 1. The summed E-state index contributed by atoms with van der Waals surface area (Å²) in [5.74, 6) is 0.878. The highest BCUT2D eigenvalue weighted by Crippen LogP contribution is 2.27. The van der Waals surface area contributed by atoms with Crippen molar-refractivity contribution in [1.29, 1.82) is 0 Å². The molecule has 2 aromatic heterocycles. The number of ether oxygens (including phenoxy) is 2. The van der Waals surface area contributed by atoms with E-state index < -0.39 is 0 Å². The molecule has 3 aromatic rings. The average molecular weight is 371 g/mol. The predicted octanol–water partition coefficient (Wildman–Crippen LogP) is 3.16. The van der Waals surface area contributed by atoms with Gasteiger partial charge in [-0.15, -0.1) is 11.3 Å². The molecule has 2 N–H and O–H groups in total. The number of rotatable bonds is 6. The number of benzene rings is 1. The lowest BCUT2D eigenvalue weighted by Gasteiger charge is -2.08. The summed E-state index contributed by atoms with van der Waals surface area (Å²) >= 11 is 1.56. The van der Waals surface area contributed by atoms with Gasteiger partial charge in [-0.2, -0.15) is 0 Å². The number of carbonyl (C=O) groups excluding carboxylic acids is 1. The van der Waals surface area contributed by atoms with Crippen molar-refractivity contribution in [3.8, 4) is 5.75 Å². The van der Waals surface area contributed by atoms with Crippen molar-refractivity contribution in [2.45, 2.75) is 26.5 Å². The van der Waals surface area contributed by atoms with Crippen LogP contribution in [0.4, 0.5) is 0 Å². The molecule has 26 heavy (non-hydrogen) atoms. The number of aryl methyl sites for hydroxylation is 1. The van der Waals surface area contributed by atoms with E-state index in [0.29, 0.717) is 26.4 Å². The van der Waals surface area contributed by atoms with Crippen LogP contribution in [0.2, 0.25) is 0 Å². The Morgan fingerprint density at radius 2 is 2.38 bits per heavy atom. The van der Waals surface area contributed by atoms with Gasteiger partial charge in [-0.1, -0.05) is 0 Å². The van der Waals surface area contributed by atoms with Gasteiger partial charge in [-0.05, 0) is 31.0 Å². The summed E-state index contributed by atoms with van der Waals surface area (Å²) in [5.41, 5.74) is 5.78. The number of H-pyrrole nitrogens is 1. The van der Waals surface area contributed by atoms with Gasteiger partial charge in [0.15, 0.2) is 0 Å². The van der Waals surface area contributed by atoms with Crippen LogP contribution in [0.1, 0.15) is 23.4 Å². The number of aromatic amines is 1. The van der Waals surface area contributed by atoms with Crippen LogP contribution in [0.25, 0.3) is 10.9 Å². The van der Waals surface area contributed by atoms with Gasteiger partial charge in [0.25, 0.3) is 0 Å². The maximum absolute atomic E-state index is 12.1. The number of amides is 1. The lowest BCUT2D eigenvalue weighted by molar-refractivity contribution is -0.125. The van der Waals surface area contributed by atoms with Gasteiger partial charge in [0, 0.05) is 34.7 Å². The molecule has 1 aliphatic heterocycles. The van der Waals surface area contributed by atoms with Crippen molar-refractivity contribution in [2.75, 3.05) is 13.2 Å². The highest BCUT2D eigenvalue weighted by atomic mass is 32.1. The quantitative estimate of drug-likeness (QED) is 0.698. The minimum atomic E-state index is -0.0210. The summed E-state index contributed by atoms with van der Waals surface area (Å²) in [4.78, 5) is 19.7. The SMILES string of the molecule is Cc1cc2cc(CNC(=O)[C@H]3CCOC3)[nH]c2cc1OCc1cscn1. The first-order valence-electron chi connectivity index (χ1n) is 8.66. The molecule has 0 aliphatic carbocycles. The van der Waals surface area contributed by atoms with E-state index in [4.69, 9.17) is 9.47 Å². The predicted molar refractivity (Wildman–Crippen MR) is 100 cm³/mol. The second-order valence-corrected chi connectivity index (χ2v) is 7.26. The number of hydrogen-bond acceptors (Lipinski definition) is 5. The highest BCUT2D eigenvalue weighted by Gasteiger charge is 2.23. The van der Waals surface area contributed by atoms with E-state index in [1.165, 1.54) is 0 Å². The summed E-state index contributed by atoms with van der Waals surface area (Å²) in [7, 11) is 0. The summed E-state index contributed by atoms with van der Waals surface area (Å²) in [6, 6.07) is 6.17. The van der Waals surface area contributed by atoms with E-state index in [1.54, 1.807) is 16.8 Å². The number of thiazole rings is 1. The second-order valence-electron chi connectivity index (χ2n) is 6.55. The minimum absolute atomic E-state index is 0.0210. The highest BCUT2D eigenvalue weighted by molar-refractivity contribution is 7.07. The molecule has 4 rings (SSSR count). The van der Waals surface area contributed by atoms with Gasteiger partial charge < -0.3 is 19.8 Å². The van der Waals surface area contributed by atoms with Gasteiger partial charge in [0.1, 0.15) is 12.4 Å². The van der Waals surface area contributed by atoms with E-state index in [9.17, 15) is 4.79 Å². The molecule has 136 valence electrons. The fourth-order valence-corrected chi connectivity index (χ4v) is 3.66. The van der Waals surface area contributed by atoms with E-state index >= 15 is 0 Å². The van der Waals surface area contributed by atoms with E-state index in [-0.39, 0.29) is 11.8 Å². The van der Waals surface area contributed by atoms with E-state index in [2.05, 4.69) is 27.4 Å². The number of fused-ring (bicyclic) bond motifs is 1. The summed E-state index contributed by atoms with van der Waals surface area (Å²) in [6.45, 7) is 4.18. The van der Waals surface area contributed by atoms with Gasteiger partial charge in [-0.3, -0.25) is 4.79 Å². The van der Waals surface area contributed by atoms with E-state index in [1.807, 2.05) is 18.4 Å². The maximum atomic E-state index is 12.1. The lowest BCUT2D eigenvalue weighted by atomic mass is 10.1. The monoisotopic (exact) mass is 371 g/mol. The molecule has 1 atom stereocenters. The minimum Gasteiger partial charge on any atom is -0.487 e. The zero-order valence-electron chi connectivity index (χ0n) is 14.6. The Kier molecular flexibility index (Phi) is 4.90. The Morgan fingerprint density at radius 1 is 1.46 bits per heavy atom. The van der Waals surface area contributed by atoms with Crippen molar-refractivity contribution in [2.24, 2.45) is 5.92 Å². The lowest BCUT2D eigenvalue weighted by Crippen LogP contribution is -2.30. The Morgan fingerprint density at radius 3 is 3.15 bits per heavy atom. The first-order valence-corrected chi connectivity index (χ1v) is 9.61. The summed E-state index contributed by atoms with van der Waals surface area (Å²) in [5, 5.41) is 6.08. The first kappa shape index (κ1) is 17.1. The smallest absolute Gasteiger partial charge is 0.225 e. The fourth-order valence-electron chi connectivity index (χ4n) is 3.11. The molecule has 1 fully saturated rings. The van der Waals surface area contributed by atoms with Crippen LogP contribution in [0, 0.1) is 12.8 Å². The Labute approximate surface area is 155 Å². The Hall–Kier alpha value is -2.38. The zero-order valence-corrected chi connectivity index (χ0v) is 15.4. The first-order chi connectivity index (χ1) is 12.7. The van der Waals surface area contributed by atoms with Crippen LogP contribution in [0.15, 0.2) is 29.1 Å². The molecular weight excluding hydrogens is 350 g/mol. The molecule has 3 heterocycles. The molecule has 7 heteroatoms. The van der Waals surface area contributed by atoms with E-state index in [0.717, 1.165) is 40.0 Å². The third-order valence-electron chi connectivity index (χ3n) is 4.58. The second kappa shape index (κ2) is 7.47. The molecule has 0 radical (unpaired) electrons. The van der Waals surface area contributed by atoms with Gasteiger partial charge in [-0.25, -0.2) is 4.98 Å². The average Bonchev–Trinajstić information content (AvgIpc) is 3.38. The van der Waals surface area contributed by atoms with Gasteiger partial charge in [0.2, 0.25) is 5.91 Å². The molecule has 1 aliphatic rings. The van der Waals surface area contributed by atoms with Crippen molar-refractivity contribution >= 4 is 28.1 Å². The van der Waals surface area contributed by atoms with Crippen LogP contribution in [0.3, 0.4) is 0 Å². The van der Waals surface area contributed by atoms with Crippen molar-refractivity contribution in [3.05, 3.63) is 46.0 Å². The number of aromatic nitrogens is 2. The van der Waals surface area contributed by atoms with Crippen molar-refractivity contribution < 1.29 is 14.3 Å². The van der Waals surface area contributed by atoms with Gasteiger partial charge >= 0.3 is 0 Å².